The fourth-order valence-corrected chi connectivity index (χ4v) is 3.72. The molecule has 0 aliphatic carbocycles. The number of nitrogens with zero attached hydrogens (tertiary/aromatic N) is 8. The van der Waals surface area contributed by atoms with Gasteiger partial charge in [0.2, 0.25) is 0 Å². The Labute approximate surface area is 194 Å². The molecular formula is C24H20FN9. The summed E-state index contributed by atoms with van der Waals surface area (Å²) < 4.78 is 18.4. The maximum atomic E-state index is 15.0. The number of aromatic nitrogens is 7. The molecule has 0 radical (unpaired) electrons. The van der Waals surface area contributed by atoms with Gasteiger partial charge in [0, 0.05) is 11.8 Å². The average molecular weight is 453 g/mol. The van der Waals surface area contributed by atoms with Crippen molar-refractivity contribution in [1.29, 1.82) is 5.26 Å². The van der Waals surface area contributed by atoms with E-state index >= 15 is 0 Å². The molecule has 5 aromatic rings. The molecule has 0 saturated heterocycles. The first kappa shape index (κ1) is 21.2. The first-order valence-corrected chi connectivity index (χ1v) is 10.7. The van der Waals surface area contributed by atoms with Crippen molar-refractivity contribution in [3.63, 3.8) is 0 Å². The van der Waals surface area contributed by atoms with Crippen LogP contribution >= 0.6 is 0 Å². The van der Waals surface area contributed by atoms with Gasteiger partial charge in [0.25, 0.3) is 0 Å². The lowest BCUT2D eigenvalue weighted by Crippen LogP contribution is -2.09. The molecule has 0 spiro atoms. The number of pyridine rings is 1. The molecule has 0 saturated carbocycles. The van der Waals surface area contributed by atoms with Crippen molar-refractivity contribution >= 4 is 22.5 Å². The van der Waals surface area contributed by atoms with Gasteiger partial charge in [0.15, 0.2) is 17.3 Å². The summed E-state index contributed by atoms with van der Waals surface area (Å²) in [6.45, 7) is 5.73. The van der Waals surface area contributed by atoms with Crippen LogP contribution in [-0.2, 0) is 6.42 Å². The minimum absolute atomic E-state index is 0.252. The smallest absolute Gasteiger partial charge is 0.163 e. The summed E-state index contributed by atoms with van der Waals surface area (Å²) in [7, 11) is 0. The Morgan fingerprint density at radius 2 is 1.94 bits per heavy atom. The van der Waals surface area contributed by atoms with Crippen LogP contribution in [0.4, 0.5) is 15.9 Å². The van der Waals surface area contributed by atoms with Crippen LogP contribution < -0.4 is 5.32 Å². The highest BCUT2D eigenvalue weighted by Crippen LogP contribution is 2.27. The molecule has 168 valence electrons. The molecule has 4 heterocycles. The lowest BCUT2D eigenvalue weighted by molar-refractivity contribution is 0.633. The third-order valence-corrected chi connectivity index (χ3v) is 5.47. The molecule has 0 bridgehead atoms. The molecule has 9 nitrogen and oxygen atoms in total. The number of imidazole rings is 1. The van der Waals surface area contributed by atoms with E-state index in [0.717, 1.165) is 23.4 Å². The van der Waals surface area contributed by atoms with E-state index in [0.29, 0.717) is 34.2 Å². The Balaban J connectivity index is 1.57. The van der Waals surface area contributed by atoms with Gasteiger partial charge in [-0.25, -0.2) is 19.0 Å². The minimum Gasteiger partial charge on any atom is -0.336 e. The van der Waals surface area contributed by atoms with Crippen molar-refractivity contribution < 1.29 is 4.39 Å². The van der Waals surface area contributed by atoms with Gasteiger partial charge in [-0.1, -0.05) is 13.0 Å². The summed E-state index contributed by atoms with van der Waals surface area (Å²) >= 11 is 0. The number of nitriles is 1. The second kappa shape index (κ2) is 8.37. The molecule has 4 aromatic heterocycles. The molecule has 0 atom stereocenters. The van der Waals surface area contributed by atoms with Crippen LogP contribution in [0.2, 0.25) is 0 Å². The number of hydrogen-bond acceptors (Lipinski definition) is 7. The number of anilines is 2. The van der Waals surface area contributed by atoms with E-state index < -0.39 is 5.82 Å². The van der Waals surface area contributed by atoms with E-state index in [9.17, 15) is 9.65 Å². The number of aryl methyl sites for hydroxylation is 3. The predicted molar refractivity (Wildman–Crippen MR) is 125 cm³/mol. The SMILES string of the molecule is CCc1ccc(-n2cnc3cc(Nc4ccc(C)nn4)c(F)cc32)nc1-n1nc(C#N)cc1C. The zero-order chi connectivity index (χ0) is 23.8. The Hall–Kier alpha value is -4.65. The summed E-state index contributed by atoms with van der Waals surface area (Å²) in [6, 6.07) is 14.2. The maximum absolute atomic E-state index is 15.0. The molecule has 0 aliphatic rings. The van der Waals surface area contributed by atoms with Crippen LogP contribution in [0.5, 0.6) is 0 Å². The molecule has 0 unspecified atom stereocenters. The molecule has 0 aliphatic heterocycles. The van der Waals surface area contributed by atoms with E-state index in [2.05, 4.69) is 31.7 Å². The molecular weight excluding hydrogens is 433 g/mol. The van der Waals surface area contributed by atoms with Crippen LogP contribution in [0.1, 0.15) is 29.6 Å². The van der Waals surface area contributed by atoms with Crippen molar-refractivity contribution in [3.05, 3.63) is 77.3 Å². The summed E-state index contributed by atoms with van der Waals surface area (Å²) in [6.07, 6.45) is 2.34. The third-order valence-electron chi connectivity index (χ3n) is 5.47. The van der Waals surface area contributed by atoms with Crippen molar-refractivity contribution in [3.8, 4) is 17.7 Å². The number of benzene rings is 1. The molecule has 1 N–H and O–H groups in total. The van der Waals surface area contributed by atoms with Crippen LogP contribution in [0.15, 0.2) is 48.8 Å². The zero-order valence-electron chi connectivity index (χ0n) is 18.8. The third kappa shape index (κ3) is 3.73. The highest BCUT2D eigenvalue weighted by Gasteiger charge is 2.16. The fourth-order valence-electron chi connectivity index (χ4n) is 3.72. The van der Waals surface area contributed by atoms with Crippen molar-refractivity contribution in [2.24, 2.45) is 0 Å². The first-order chi connectivity index (χ1) is 16.5. The Bertz CT molecular complexity index is 1560. The number of nitrogens with one attached hydrogen (secondary N) is 1. The van der Waals surface area contributed by atoms with Crippen molar-refractivity contribution in [2.45, 2.75) is 27.2 Å². The number of hydrogen-bond donors (Lipinski definition) is 1. The van der Waals surface area contributed by atoms with Gasteiger partial charge in [-0.05, 0) is 56.2 Å². The highest BCUT2D eigenvalue weighted by molar-refractivity contribution is 5.82. The molecule has 1 aromatic carbocycles. The summed E-state index contributed by atoms with van der Waals surface area (Å²) in [5.41, 5.74) is 4.27. The van der Waals surface area contributed by atoms with Gasteiger partial charge in [-0.15, -0.1) is 5.10 Å². The van der Waals surface area contributed by atoms with Gasteiger partial charge in [-0.2, -0.15) is 15.5 Å². The Morgan fingerprint density at radius 3 is 2.65 bits per heavy atom. The fraction of sp³-hybridized carbons (Fsp3) is 0.167. The van der Waals surface area contributed by atoms with Gasteiger partial charge < -0.3 is 5.32 Å². The number of halogens is 1. The van der Waals surface area contributed by atoms with Gasteiger partial charge in [-0.3, -0.25) is 4.57 Å². The van der Waals surface area contributed by atoms with Crippen LogP contribution in [0, 0.1) is 31.0 Å². The second-order valence-corrected chi connectivity index (χ2v) is 7.82. The standard InChI is InChI=1S/C24H20FN9/c1-4-16-6-8-23(29-24(16)34-15(3)9-17(12-26)32-34)33-13-27-20-11-19(18(25)10-21(20)33)28-22-7-5-14(2)30-31-22/h5-11,13H,4H2,1-3H3,(H,28,31). The largest absolute Gasteiger partial charge is 0.336 e. The van der Waals surface area contributed by atoms with E-state index in [4.69, 9.17) is 4.98 Å². The number of rotatable bonds is 5. The van der Waals surface area contributed by atoms with Gasteiger partial charge >= 0.3 is 0 Å². The number of fused-ring (bicyclic) bond motifs is 1. The normalized spacial score (nSPS) is 11.0. The monoisotopic (exact) mass is 453 g/mol. The van der Waals surface area contributed by atoms with E-state index in [1.807, 2.05) is 32.9 Å². The van der Waals surface area contributed by atoms with Gasteiger partial charge in [0.1, 0.15) is 24.0 Å². The molecule has 34 heavy (non-hydrogen) atoms. The van der Waals surface area contributed by atoms with E-state index in [1.54, 1.807) is 39.8 Å². The van der Waals surface area contributed by atoms with Crippen molar-refractivity contribution in [2.75, 3.05) is 5.32 Å². The lowest BCUT2D eigenvalue weighted by Gasteiger charge is -2.12. The van der Waals surface area contributed by atoms with E-state index in [-0.39, 0.29) is 5.69 Å². The topological polar surface area (TPSA) is 110 Å². The van der Waals surface area contributed by atoms with Crippen molar-refractivity contribution in [1.82, 2.24) is 34.5 Å². The second-order valence-electron chi connectivity index (χ2n) is 7.82. The van der Waals surface area contributed by atoms with Crippen LogP contribution in [-0.4, -0.2) is 34.5 Å². The van der Waals surface area contributed by atoms with Crippen LogP contribution in [0.3, 0.4) is 0 Å². The summed E-state index contributed by atoms with van der Waals surface area (Å²) in [4.78, 5) is 9.25. The summed E-state index contributed by atoms with van der Waals surface area (Å²) in [5.74, 6) is 1.17. The Morgan fingerprint density at radius 1 is 1.09 bits per heavy atom. The quantitative estimate of drug-likeness (QED) is 0.422. The van der Waals surface area contributed by atoms with E-state index in [1.165, 1.54) is 6.07 Å². The molecule has 0 fully saturated rings. The Kier molecular flexibility index (Phi) is 5.22. The molecule has 10 heteroatoms. The molecule has 5 rings (SSSR count). The lowest BCUT2D eigenvalue weighted by atomic mass is 10.2. The zero-order valence-corrected chi connectivity index (χ0v) is 18.8. The average Bonchev–Trinajstić information content (AvgIpc) is 3.43. The maximum Gasteiger partial charge on any atom is 0.163 e. The van der Waals surface area contributed by atoms with Gasteiger partial charge in [0.05, 0.1) is 22.4 Å². The highest BCUT2D eigenvalue weighted by atomic mass is 19.1. The minimum atomic E-state index is -0.455. The first-order valence-electron chi connectivity index (χ1n) is 10.7. The molecule has 0 amide bonds. The summed E-state index contributed by atoms with van der Waals surface area (Å²) in [5, 5.41) is 24.5. The van der Waals surface area contributed by atoms with Crippen LogP contribution in [0.25, 0.3) is 22.7 Å². The predicted octanol–water partition coefficient (Wildman–Crippen LogP) is 4.33.